The highest BCUT2D eigenvalue weighted by Gasteiger charge is 2.10. The molecule has 2 rings (SSSR count). The second-order valence-corrected chi connectivity index (χ2v) is 6.05. The van der Waals surface area contributed by atoms with Gasteiger partial charge in [0.05, 0.1) is 0 Å². The van der Waals surface area contributed by atoms with Gasteiger partial charge in [-0.25, -0.2) is 4.39 Å². The second kappa shape index (κ2) is 7.05. The van der Waals surface area contributed by atoms with E-state index in [2.05, 4.69) is 22.9 Å². The fourth-order valence-corrected chi connectivity index (χ4v) is 2.32. The first-order chi connectivity index (χ1) is 9.99. The van der Waals surface area contributed by atoms with Crippen LogP contribution in [0.3, 0.4) is 0 Å². The molecule has 2 N–H and O–H groups in total. The van der Waals surface area contributed by atoms with E-state index in [4.69, 9.17) is 10.5 Å². The molecule has 0 spiro atoms. The first-order valence-electron chi connectivity index (χ1n) is 6.97. The molecular weight excluding hydrogens is 333 g/mol. The van der Waals surface area contributed by atoms with Crippen LogP contribution in [0.25, 0.3) is 0 Å². The number of benzene rings is 2. The third-order valence-corrected chi connectivity index (χ3v) is 3.90. The minimum atomic E-state index is -0.269. The van der Waals surface area contributed by atoms with Gasteiger partial charge in [0.1, 0.15) is 17.3 Å². The molecule has 2 nitrogen and oxygen atoms in total. The molecule has 0 saturated carbocycles. The Labute approximate surface area is 133 Å². The monoisotopic (exact) mass is 351 g/mol. The van der Waals surface area contributed by atoms with Crippen molar-refractivity contribution in [2.45, 2.75) is 32.7 Å². The number of aryl methyl sites for hydroxylation is 1. The van der Waals surface area contributed by atoms with Gasteiger partial charge in [0.25, 0.3) is 0 Å². The summed E-state index contributed by atoms with van der Waals surface area (Å²) in [5.74, 6) is 0.924. The highest BCUT2D eigenvalue weighted by Crippen LogP contribution is 2.30. The normalized spacial score (nSPS) is 12.2. The molecule has 0 saturated heterocycles. The van der Waals surface area contributed by atoms with Crippen LogP contribution in [0.1, 0.15) is 24.5 Å². The van der Waals surface area contributed by atoms with Crippen LogP contribution < -0.4 is 10.5 Å². The highest BCUT2D eigenvalue weighted by molar-refractivity contribution is 9.10. The highest BCUT2D eigenvalue weighted by atomic mass is 79.9. The lowest BCUT2D eigenvalue weighted by atomic mass is 10.0. The minimum absolute atomic E-state index is 0.0864. The number of hydrogen-bond donors (Lipinski definition) is 1. The van der Waals surface area contributed by atoms with Crippen LogP contribution in [0.2, 0.25) is 0 Å². The van der Waals surface area contributed by atoms with Crippen molar-refractivity contribution < 1.29 is 9.13 Å². The van der Waals surface area contributed by atoms with Crippen LogP contribution in [0.15, 0.2) is 40.9 Å². The molecule has 2 aromatic carbocycles. The van der Waals surface area contributed by atoms with Gasteiger partial charge in [-0.1, -0.05) is 35.0 Å². The van der Waals surface area contributed by atoms with Gasteiger partial charge in [-0.3, -0.25) is 0 Å². The predicted molar refractivity (Wildman–Crippen MR) is 87.3 cm³/mol. The molecule has 0 bridgehead atoms. The zero-order chi connectivity index (χ0) is 15.4. The van der Waals surface area contributed by atoms with Gasteiger partial charge in [0.2, 0.25) is 0 Å². The van der Waals surface area contributed by atoms with Gasteiger partial charge in [0, 0.05) is 16.6 Å². The molecule has 0 heterocycles. The molecule has 0 aliphatic rings. The van der Waals surface area contributed by atoms with Crippen LogP contribution in [0, 0.1) is 12.7 Å². The summed E-state index contributed by atoms with van der Waals surface area (Å²) in [5.41, 5.74) is 7.65. The van der Waals surface area contributed by atoms with E-state index in [-0.39, 0.29) is 11.9 Å². The van der Waals surface area contributed by atoms with Gasteiger partial charge >= 0.3 is 0 Å². The smallest absolute Gasteiger partial charge is 0.131 e. The fourth-order valence-electron chi connectivity index (χ4n) is 1.98. The van der Waals surface area contributed by atoms with Crippen molar-refractivity contribution in [1.29, 1.82) is 0 Å². The molecule has 1 unspecified atom stereocenters. The van der Waals surface area contributed by atoms with Crippen molar-refractivity contribution in [2.24, 2.45) is 5.73 Å². The molecule has 112 valence electrons. The molecule has 0 aliphatic heterocycles. The zero-order valence-electron chi connectivity index (χ0n) is 12.2. The van der Waals surface area contributed by atoms with Crippen LogP contribution in [-0.2, 0) is 6.42 Å². The Morgan fingerprint density at radius 3 is 2.67 bits per heavy atom. The molecule has 0 aromatic heterocycles. The quantitative estimate of drug-likeness (QED) is 0.825. The predicted octanol–water partition coefficient (Wildman–Crippen LogP) is 4.97. The van der Waals surface area contributed by atoms with Crippen LogP contribution in [0.4, 0.5) is 4.39 Å². The third-order valence-electron chi connectivity index (χ3n) is 3.41. The number of hydrogen-bond acceptors (Lipinski definition) is 2. The molecule has 4 heteroatoms. The molecular formula is C17H19BrFNO. The Bertz CT molecular complexity index is 630. The first-order valence-corrected chi connectivity index (χ1v) is 7.77. The Kier molecular flexibility index (Phi) is 5.37. The first kappa shape index (κ1) is 16.0. The van der Waals surface area contributed by atoms with Crippen molar-refractivity contribution in [1.82, 2.24) is 0 Å². The average molecular weight is 352 g/mol. The minimum Gasteiger partial charge on any atom is -0.457 e. The second-order valence-electron chi connectivity index (χ2n) is 5.14. The molecule has 21 heavy (non-hydrogen) atoms. The van der Waals surface area contributed by atoms with Crippen LogP contribution >= 0.6 is 15.9 Å². The van der Waals surface area contributed by atoms with Gasteiger partial charge in [-0.15, -0.1) is 0 Å². The number of halogens is 2. The lowest BCUT2D eigenvalue weighted by Gasteiger charge is -2.15. The Morgan fingerprint density at radius 1 is 1.24 bits per heavy atom. The summed E-state index contributed by atoms with van der Waals surface area (Å²) in [6, 6.07) is 10.8. The summed E-state index contributed by atoms with van der Waals surface area (Å²) >= 11 is 3.43. The van der Waals surface area contributed by atoms with Crippen molar-refractivity contribution in [2.75, 3.05) is 0 Å². The lowest BCUT2D eigenvalue weighted by Crippen LogP contribution is -2.21. The van der Waals surface area contributed by atoms with E-state index in [1.54, 1.807) is 19.1 Å². The topological polar surface area (TPSA) is 35.2 Å². The van der Waals surface area contributed by atoms with Crippen molar-refractivity contribution in [3.8, 4) is 11.5 Å². The number of ether oxygens (including phenoxy) is 1. The van der Waals surface area contributed by atoms with Gasteiger partial charge in [-0.05, 0) is 49.1 Å². The Hall–Kier alpha value is -1.39. The van der Waals surface area contributed by atoms with Gasteiger partial charge in [0.15, 0.2) is 0 Å². The molecule has 0 aliphatic carbocycles. The molecule has 2 aromatic rings. The lowest BCUT2D eigenvalue weighted by molar-refractivity contribution is 0.466. The molecule has 0 amide bonds. The van der Waals surface area contributed by atoms with E-state index < -0.39 is 0 Å². The van der Waals surface area contributed by atoms with E-state index in [1.807, 2.05) is 18.2 Å². The maximum atomic E-state index is 13.6. The van der Waals surface area contributed by atoms with Crippen molar-refractivity contribution in [3.05, 3.63) is 57.8 Å². The zero-order valence-corrected chi connectivity index (χ0v) is 13.8. The van der Waals surface area contributed by atoms with E-state index in [1.165, 1.54) is 6.07 Å². The van der Waals surface area contributed by atoms with Crippen LogP contribution in [0.5, 0.6) is 11.5 Å². The van der Waals surface area contributed by atoms with Crippen molar-refractivity contribution in [3.63, 3.8) is 0 Å². The van der Waals surface area contributed by atoms with Gasteiger partial charge in [-0.2, -0.15) is 0 Å². The average Bonchev–Trinajstić information content (AvgIpc) is 2.45. The number of nitrogens with two attached hydrogens (primary N) is 1. The maximum Gasteiger partial charge on any atom is 0.131 e. The summed E-state index contributed by atoms with van der Waals surface area (Å²) in [6.07, 6.45) is 1.63. The van der Waals surface area contributed by atoms with E-state index >= 15 is 0 Å². The molecule has 0 fully saturated rings. The molecule has 1 atom stereocenters. The van der Waals surface area contributed by atoms with E-state index in [0.29, 0.717) is 17.1 Å². The summed E-state index contributed by atoms with van der Waals surface area (Å²) in [5, 5.41) is 0. The summed E-state index contributed by atoms with van der Waals surface area (Å²) < 4.78 is 20.4. The molecule has 0 radical (unpaired) electrons. The van der Waals surface area contributed by atoms with E-state index in [9.17, 15) is 4.39 Å². The fraction of sp³-hybridized carbons (Fsp3) is 0.294. The largest absolute Gasteiger partial charge is 0.457 e. The third kappa shape index (κ3) is 4.29. The summed E-state index contributed by atoms with van der Waals surface area (Å²) in [6.45, 7) is 3.78. The number of rotatable bonds is 5. The maximum absolute atomic E-state index is 13.6. The summed E-state index contributed by atoms with van der Waals surface area (Å²) in [7, 11) is 0. The van der Waals surface area contributed by atoms with E-state index in [0.717, 1.165) is 22.9 Å². The summed E-state index contributed by atoms with van der Waals surface area (Å²) in [4.78, 5) is 0. The van der Waals surface area contributed by atoms with Crippen molar-refractivity contribution >= 4 is 15.9 Å². The van der Waals surface area contributed by atoms with Crippen LogP contribution in [-0.4, -0.2) is 6.04 Å². The van der Waals surface area contributed by atoms with Gasteiger partial charge < -0.3 is 10.5 Å². The Balaban J connectivity index is 2.28. The standard InChI is InChI=1S/C17H19BrFNO/c1-3-14(20)8-12-5-6-13(18)9-17(12)21-15-7-4-11(2)16(19)10-15/h4-7,9-10,14H,3,8,20H2,1-2H3. The SMILES string of the molecule is CCC(N)Cc1ccc(Br)cc1Oc1ccc(C)c(F)c1. The Morgan fingerprint density at radius 2 is 2.00 bits per heavy atom.